The third kappa shape index (κ3) is 3.71. The molecule has 21 heavy (non-hydrogen) atoms. The molecule has 1 aromatic rings. The van der Waals surface area contributed by atoms with Crippen LogP contribution in [0.5, 0.6) is 5.75 Å². The van der Waals surface area contributed by atoms with Crippen molar-refractivity contribution in [3.8, 4) is 5.75 Å². The lowest BCUT2D eigenvalue weighted by atomic mass is 9.72. The van der Waals surface area contributed by atoms with Crippen molar-refractivity contribution >= 4 is 11.6 Å². The summed E-state index contributed by atoms with van der Waals surface area (Å²) in [6, 6.07) is 6.11. The normalized spacial score (nSPS) is 18.1. The molecule has 1 saturated carbocycles. The highest BCUT2D eigenvalue weighted by Crippen LogP contribution is 2.40. The average molecular weight is 312 g/mol. The molecule has 0 aromatic heterocycles. The Morgan fingerprint density at radius 3 is 2.62 bits per heavy atom. The first kappa shape index (κ1) is 16.6. The molecule has 3 nitrogen and oxygen atoms in total. The number of methoxy groups -OCH3 is 2. The minimum Gasteiger partial charge on any atom is -0.496 e. The van der Waals surface area contributed by atoms with E-state index in [0.717, 1.165) is 48.6 Å². The molecule has 0 radical (unpaired) electrons. The predicted octanol–water partition coefficient (Wildman–Crippen LogP) is 3.83. The van der Waals surface area contributed by atoms with Crippen LogP contribution in [0.1, 0.15) is 38.2 Å². The van der Waals surface area contributed by atoms with Crippen molar-refractivity contribution in [1.82, 2.24) is 5.32 Å². The van der Waals surface area contributed by atoms with E-state index in [1.54, 1.807) is 7.11 Å². The lowest BCUT2D eigenvalue weighted by Crippen LogP contribution is -2.57. The van der Waals surface area contributed by atoms with Gasteiger partial charge in [-0.3, -0.25) is 0 Å². The molecule has 0 spiro atoms. The molecule has 1 N–H and O–H groups in total. The zero-order chi connectivity index (χ0) is 15.3. The second kappa shape index (κ2) is 7.48. The molecule has 0 saturated heterocycles. The number of halogens is 1. The molecule has 1 atom stereocenters. The lowest BCUT2D eigenvalue weighted by molar-refractivity contribution is -0.0981. The highest BCUT2D eigenvalue weighted by molar-refractivity contribution is 6.30. The van der Waals surface area contributed by atoms with Crippen molar-refractivity contribution in [3.05, 3.63) is 28.8 Å². The van der Waals surface area contributed by atoms with Crippen molar-refractivity contribution in [2.45, 2.75) is 50.7 Å². The Labute approximate surface area is 133 Å². The maximum absolute atomic E-state index is 6.15. The number of benzene rings is 1. The number of ether oxygens (including phenoxy) is 2. The molecule has 0 bridgehead atoms. The highest BCUT2D eigenvalue weighted by atomic mass is 35.5. The van der Waals surface area contributed by atoms with Gasteiger partial charge < -0.3 is 14.8 Å². The summed E-state index contributed by atoms with van der Waals surface area (Å²) in [6.45, 7) is 3.18. The Hall–Kier alpha value is -0.770. The lowest BCUT2D eigenvalue weighted by Gasteiger charge is -2.47. The molecule has 1 aliphatic rings. The summed E-state index contributed by atoms with van der Waals surface area (Å²) >= 11 is 6.15. The fourth-order valence-electron chi connectivity index (χ4n) is 3.11. The van der Waals surface area contributed by atoms with Gasteiger partial charge in [0.1, 0.15) is 5.75 Å². The topological polar surface area (TPSA) is 30.5 Å². The van der Waals surface area contributed by atoms with Crippen LogP contribution in [0.3, 0.4) is 0 Å². The van der Waals surface area contributed by atoms with E-state index in [1.807, 2.05) is 25.3 Å². The largest absolute Gasteiger partial charge is 0.496 e. The zero-order valence-corrected chi connectivity index (χ0v) is 14.0. The van der Waals surface area contributed by atoms with E-state index in [9.17, 15) is 0 Å². The fourth-order valence-corrected chi connectivity index (χ4v) is 3.30. The second-order valence-corrected chi connectivity index (χ2v) is 6.23. The minimum atomic E-state index is -0.0392. The molecule has 4 heteroatoms. The van der Waals surface area contributed by atoms with Gasteiger partial charge >= 0.3 is 0 Å². The van der Waals surface area contributed by atoms with Crippen molar-refractivity contribution in [3.63, 3.8) is 0 Å². The molecule has 0 heterocycles. The summed E-state index contributed by atoms with van der Waals surface area (Å²) in [5.74, 6) is 0.897. The van der Waals surface area contributed by atoms with E-state index in [1.165, 1.54) is 6.42 Å². The highest BCUT2D eigenvalue weighted by Gasteiger charge is 2.44. The van der Waals surface area contributed by atoms with Gasteiger partial charge in [0, 0.05) is 18.2 Å². The van der Waals surface area contributed by atoms with Crippen molar-refractivity contribution in [2.24, 2.45) is 0 Å². The van der Waals surface area contributed by atoms with Crippen LogP contribution in [0.25, 0.3) is 0 Å². The molecule has 1 aromatic carbocycles. The first-order valence-corrected chi connectivity index (χ1v) is 8.14. The first-order valence-electron chi connectivity index (χ1n) is 7.76. The molecule has 1 aliphatic carbocycles. The molecular formula is C17H26ClNO2. The van der Waals surface area contributed by atoms with Crippen molar-refractivity contribution < 1.29 is 9.47 Å². The van der Waals surface area contributed by atoms with Gasteiger partial charge in [-0.25, -0.2) is 0 Å². The van der Waals surface area contributed by atoms with Gasteiger partial charge in [-0.15, -0.1) is 0 Å². The van der Waals surface area contributed by atoms with Gasteiger partial charge in [0.15, 0.2) is 0 Å². The maximum atomic E-state index is 6.15. The molecular weight excluding hydrogens is 286 g/mol. The molecule has 1 fully saturated rings. The third-order valence-corrected chi connectivity index (χ3v) is 4.78. The van der Waals surface area contributed by atoms with E-state index < -0.39 is 0 Å². The standard InChI is InChI=1S/C17H26ClNO2/c1-4-10-19-16(17(21-3)8-5-9-17)12-13-11-14(18)6-7-15(13)20-2/h6-7,11,16,19H,4-5,8-10,12H2,1-3H3. The van der Waals surface area contributed by atoms with E-state index >= 15 is 0 Å². The SMILES string of the molecule is CCCNC(Cc1cc(Cl)ccc1OC)C1(OC)CCC1. The molecule has 0 aliphatic heterocycles. The number of rotatable bonds is 8. The van der Waals surface area contributed by atoms with Gasteiger partial charge in [0.2, 0.25) is 0 Å². The monoisotopic (exact) mass is 311 g/mol. The quantitative estimate of drug-likeness (QED) is 0.791. The Morgan fingerprint density at radius 2 is 2.10 bits per heavy atom. The summed E-state index contributed by atoms with van der Waals surface area (Å²) in [4.78, 5) is 0. The van der Waals surface area contributed by atoms with Crippen LogP contribution >= 0.6 is 11.6 Å². The molecule has 1 unspecified atom stereocenters. The van der Waals surface area contributed by atoms with Crippen molar-refractivity contribution in [2.75, 3.05) is 20.8 Å². The van der Waals surface area contributed by atoms with Gasteiger partial charge in [-0.1, -0.05) is 18.5 Å². The third-order valence-electron chi connectivity index (χ3n) is 4.55. The molecule has 0 amide bonds. The molecule has 2 rings (SSSR count). The Bertz CT molecular complexity index is 455. The fraction of sp³-hybridized carbons (Fsp3) is 0.647. The second-order valence-electron chi connectivity index (χ2n) is 5.79. The van der Waals surface area contributed by atoms with Gasteiger partial charge in [-0.2, -0.15) is 0 Å². The van der Waals surface area contributed by atoms with E-state index in [4.69, 9.17) is 21.1 Å². The number of hydrogen-bond donors (Lipinski definition) is 1. The summed E-state index contributed by atoms with van der Waals surface area (Å²) in [5.41, 5.74) is 1.10. The van der Waals surface area contributed by atoms with Gasteiger partial charge in [0.25, 0.3) is 0 Å². The van der Waals surface area contributed by atoms with E-state index in [-0.39, 0.29) is 5.60 Å². The summed E-state index contributed by atoms with van der Waals surface area (Å²) in [5, 5.41) is 4.41. The number of nitrogens with one attached hydrogen (secondary N) is 1. The predicted molar refractivity (Wildman–Crippen MR) is 87.4 cm³/mol. The van der Waals surface area contributed by atoms with Crippen LogP contribution in [0.4, 0.5) is 0 Å². The van der Waals surface area contributed by atoms with Crippen LogP contribution < -0.4 is 10.1 Å². The van der Waals surface area contributed by atoms with Gasteiger partial charge in [0.05, 0.1) is 12.7 Å². The van der Waals surface area contributed by atoms with Crippen LogP contribution in [-0.2, 0) is 11.2 Å². The maximum Gasteiger partial charge on any atom is 0.122 e. The molecule has 118 valence electrons. The van der Waals surface area contributed by atoms with Crippen LogP contribution in [0.2, 0.25) is 5.02 Å². The van der Waals surface area contributed by atoms with E-state index in [2.05, 4.69) is 12.2 Å². The van der Waals surface area contributed by atoms with Crippen LogP contribution in [0, 0.1) is 0 Å². The zero-order valence-electron chi connectivity index (χ0n) is 13.2. The Morgan fingerprint density at radius 1 is 1.33 bits per heavy atom. The first-order chi connectivity index (χ1) is 10.1. The summed E-state index contributed by atoms with van der Waals surface area (Å²) < 4.78 is 11.3. The number of hydrogen-bond acceptors (Lipinski definition) is 3. The van der Waals surface area contributed by atoms with Gasteiger partial charge in [-0.05, 0) is 62.4 Å². The Kier molecular flexibility index (Phi) is 5.91. The average Bonchev–Trinajstić information content (AvgIpc) is 2.44. The van der Waals surface area contributed by atoms with Crippen molar-refractivity contribution in [1.29, 1.82) is 0 Å². The van der Waals surface area contributed by atoms with E-state index in [0.29, 0.717) is 6.04 Å². The Balaban J connectivity index is 2.20. The van der Waals surface area contributed by atoms with Crippen LogP contribution in [0.15, 0.2) is 18.2 Å². The van der Waals surface area contributed by atoms with Crippen LogP contribution in [-0.4, -0.2) is 32.4 Å². The smallest absolute Gasteiger partial charge is 0.122 e. The summed E-state index contributed by atoms with van der Waals surface area (Å²) in [6.07, 6.45) is 5.47. The minimum absolute atomic E-state index is 0.0392. The summed E-state index contributed by atoms with van der Waals surface area (Å²) in [7, 11) is 3.53.